The molecule has 1 heterocycles. The van der Waals surface area contributed by atoms with Gasteiger partial charge in [-0.25, -0.2) is 0 Å². The standard InChI is InChI=1S/C19H18Cl3N3OS/c1-3-25-18(10-26-17-7-5-14(20)8-12(17)2)23-24-19(25)27-11-13-4-6-15(21)16(22)9-13/h4-9H,3,10-11H2,1-2H3. The molecule has 8 heteroatoms. The Balaban J connectivity index is 1.67. The van der Waals surface area contributed by atoms with Crippen molar-refractivity contribution in [2.45, 2.75) is 37.9 Å². The van der Waals surface area contributed by atoms with Gasteiger partial charge in [0, 0.05) is 17.3 Å². The number of thioether (sulfide) groups is 1. The maximum atomic E-state index is 6.08. The zero-order valence-corrected chi connectivity index (χ0v) is 18.0. The fraction of sp³-hybridized carbons (Fsp3) is 0.263. The van der Waals surface area contributed by atoms with E-state index < -0.39 is 0 Å². The van der Waals surface area contributed by atoms with Gasteiger partial charge >= 0.3 is 0 Å². The average Bonchev–Trinajstić information content (AvgIpc) is 3.04. The van der Waals surface area contributed by atoms with Crippen LogP contribution in [0, 0.1) is 6.92 Å². The summed E-state index contributed by atoms with van der Waals surface area (Å²) in [6, 6.07) is 11.2. The van der Waals surface area contributed by atoms with Gasteiger partial charge in [-0.15, -0.1) is 10.2 Å². The van der Waals surface area contributed by atoms with E-state index in [1.54, 1.807) is 17.8 Å². The summed E-state index contributed by atoms with van der Waals surface area (Å²) in [6.45, 7) is 5.12. The first kappa shape index (κ1) is 20.3. The first-order chi connectivity index (χ1) is 13.0. The number of aryl methyl sites for hydroxylation is 1. The normalized spacial score (nSPS) is 11.0. The van der Waals surface area contributed by atoms with E-state index in [9.17, 15) is 0 Å². The molecule has 0 fully saturated rings. The maximum Gasteiger partial charge on any atom is 0.191 e. The molecule has 2 aromatic carbocycles. The molecule has 0 saturated heterocycles. The number of nitrogens with zero attached hydrogens (tertiary/aromatic N) is 3. The van der Waals surface area contributed by atoms with Crippen LogP contribution in [0.15, 0.2) is 41.6 Å². The summed E-state index contributed by atoms with van der Waals surface area (Å²) in [5.74, 6) is 2.30. The quantitative estimate of drug-likeness (QED) is 0.395. The Morgan fingerprint density at radius 1 is 1.04 bits per heavy atom. The van der Waals surface area contributed by atoms with E-state index in [-0.39, 0.29) is 0 Å². The van der Waals surface area contributed by atoms with Crippen molar-refractivity contribution in [1.29, 1.82) is 0 Å². The molecule has 0 atom stereocenters. The second kappa shape index (κ2) is 9.20. The molecule has 0 saturated carbocycles. The van der Waals surface area contributed by atoms with Crippen molar-refractivity contribution in [3.63, 3.8) is 0 Å². The molecule has 0 aliphatic rings. The minimum Gasteiger partial charge on any atom is -0.485 e. The van der Waals surface area contributed by atoms with Gasteiger partial charge < -0.3 is 9.30 Å². The third-order valence-electron chi connectivity index (χ3n) is 3.96. The fourth-order valence-corrected chi connectivity index (χ4v) is 4.06. The van der Waals surface area contributed by atoms with Crippen LogP contribution in [0.2, 0.25) is 15.1 Å². The molecule has 142 valence electrons. The minimum atomic E-state index is 0.344. The topological polar surface area (TPSA) is 39.9 Å². The van der Waals surface area contributed by atoms with E-state index in [0.29, 0.717) is 21.7 Å². The lowest BCUT2D eigenvalue weighted by atomic mass is 10.2. The van der Waals surface area contributed by atoms with Crippen LogP contribution < -0.4 is 4.74 Å². The van der Waals surface area contributed by atoms with E-state index in [0.717, 1.165) is 40.2 Å². The van der Waals surface area contributed by atoms with Crippen LogP contribution in [0.1, 0.15) is 23.9 Å². The molecule has 3 aromatic rings. The van der Waals surface area contributed by atoms with Crippen LogP contribution in [0.5, 0.6) is 5.75 Å². The van der Waals surface area contributed by atoms with Crippen LogP contribution in [-0.4, -0.2) is 14.8 Å². The number of rotatable bonds is 7. The van der Waals surface area contributed by atoms with Crippen molar-refractivity contribution >= 4 is 46.6 Å². The molecular weight excluding hydrogens is 425 g/mol. The van der Waals surface area contributed by atoms with Gasteiger partial charge in [0.1, 0.15) is 12.4 Å². The second-order valence-electron chi connectivity index (χ2n) is 5.88. The summed E-state index contributed by atoms with van der Waals surface area (Å²) in [5.41, 5.74) is 2.06. The number of hydrogen-bond donors (Lipinski definition) is 0. The Morgan fingerprint density at radius 3 is 2.56 bits per heavy atom. The molecule has 0 spiro atoms. The number of benzene rings is 2. The Hall–Kier alpha value is -1.40. The molecule has 4 nitrogen and oxygen atoms in total. The molecule has 0 aliphatic heterocycles. The summed E-state index contributed by atoms with van der Waals surface area (Å²) in [7, 11) is 0. The first-order valence-corrected chi connectivity index (χ1v) is 10.5. The average molecular weight is 443 g/mol. The Morgan fingerprint density at radius 2 is 1.85 bits per heavy atom. The predicted molar refractivity (Wildman–Crippen MR) is 112 cm³/mol. The van der Waals surface area contributed by atoms with Crippen LogP contribution in [-0.2, 0) is 18.9 Å². The maximum absolute atomic E-state index is 6.08. The smallest absolute Gasteiger partial charge is 0.191 e. The largest absolute Gasteiger partial charge is 0.485 e. The third-order valence-corrected chi connectivity index (χ3v) is 5.97. The predicted octanol–water partition coefficient (Wildman–Crippen LogP) is 6.44. The molecule has 0 N–H and O–H groups in total. The van der Waals surface area contributed by atoms with Gasteiger partial charge in [-0.2, -0.15) is 0 Å². The van der Waals surface area contributed by atoms with Crippen molar-refractivity contribution in [2.75, 3.05) is 0 Å². The van der Waals surface area contributed by atoms with Crippen LogP contribution in [0.3, 0.4) is 0 Å². The van der Waals surface area contributed by atoms with E-state index >= 15 is 0 Å². The van der Waals surface area contributed by atoms with E-state index in [1.165, 1.54) is 0 Å². The zero-order chi connectivity index (χ0) is 19.4. The van der Waals surface area contributed by atoms with Crippen LogP contribution in [0.4, 0.5) is 0 Å². The Kier molecular flexibility index (Phi) is 6.93. The molecular formula is C19H18Cl3N3OS. The molecule has 0 radical (unpaired) electrons. The molecule has 27 heavy (non-hydrogen) atoms. The van der Waals surface area contributed by atoms with Crippen LogP contribution in [0.25, 0.3) is 0 Å². The Bertz CT molecular complexity index is 946. The van der Waals surface area contributed by atoms with E-state index in [1.807, 2.05) is 41.8 Å². The number of aromatic nitrogens is 3. The first-order valence-electron chi connectivity index (χ1n) is 8.35. The van der Waals surface area contributed by atoms with Crippen molar-refractivity contribution in [1.82, 2.24) is 14.8 Å². The van der Waals surface area contributed by atoms with Gasteiger partial charge in [0.2, 0.25) is 0 Å². The number of halogens is 3. The lowest BCUT2D eigenvalue weighted by Gasteiger charge is -2.11. The van der Waals surface area contributed by atoms with Crippen molar-refractivity contribution < 1.29 is 4.74 Å². The second-order valence-corrected chi connectivity index (χ2v) is 8.07. The van der Waals surface area contributed by atoms with Crippen LogP contribution >= 0.6 is 46.6 Å². The summed E-state index contributed by atoms with van der Waals surface area (Å²) in [4.78, 5) is 0. The van der Waals surface area contributed by atoms with Gasteiger partial charge in [0.25, 0.3) is 0 Å². The van der Waals surface area contributed by atoms with Gasteiger partial charge in [0.15, 0.2) is 11.0 Å². The molecule has 0 amide bonds. The highest BCUT2D eigenvalue weighted by molar-refractivity contribution is 7.98. The lowest BCUT2D eigenvalue weighted by Crippen LogP contribution is -2.07. The van der Waals surface area contributed by atoms with Crippen molar-refractivity contribution in [3.05, 3.63) is 68.4 Å². The van der Waals surface area contributed by atoms with Crippen molar-refractivity contribution in [3.8, 4) is 5.75 Å². The minimum absolute atomic E-state index is 0.344. The third kappa shape index (κ3) is 5.11. The van der Waals surface area contributed by atoms with Gasteiger partial charge in [0.05, 0.1) is 10.0 Å². The monoisotopic (exact) mass is 441 g/mol. The highest BCUT2D eigenvalue weighted by atomic mass is 35.5. The van der Waals surface area contributed by atoms with Gasteiger partial charge in [-0.05, 0) is 55.3 Å². The molecule has 3 rings (SSSR count). The number of hydrogen-bond acceptors (Lipinski definition) is 4. The van der Waals surface area contributed by atoms with Gasteiger partial charge in [-0.1, -0.05) is 52.6 Å². The molecule has 1 aromatic heterocycles. The highest BCUT2D eigenvalue weighted by Crippen LogP contribution is 2.28. The Labute approximate surface area is 177 Å². The number of ether oxygens (including phenoxy) is 1. The van der Waals surface area contributed by atoms with Crippen molar-refractivity contribution in [2.24, 2.45) is 0 Å². The summed E-state index contributed by atoms with van der Waals surface area (Å²) in [6.07, 6.45) is 0. The lowest BCUT2D eigenvalue weighted by molar-refractivity contribution is 0.286. The SMILES string of the molecule is CCn1c(COc2ccc(Cl)cc2C)nnc1SCc1ccc(Cl)c(Cl)c1. The zero-order valence-electron chi connectivity index (χ0n) is 14.9. The fourth-order valence-electron chi connectivity index (χ4n) is 2.54. The van der Waals surface area contributed by atoms with E-state index in [2.05, 4.69) is 17.1 Å². The summed E-state index contributed by atoms with van der Waals surface area (Å²) in [5, 5.41) is 11.2. The summed E-state index contributed by atoms with van der Waals surface area (Å²) < 4.78 is 7.95. The van der Waals surface area contributed by atoms with Gasteiger partial charge in [-0.3, -0.25) is 0 Å². The summed E-state index contributed by atoms with van der Waals surface area (Å²) >= 11 is 19.6. The molecule has 0 bridgehead atoms. The van der Waals surface area contributed by atoms with E-state index in [4.69, 9.17) is 39.5 Å². The molecule has 0 aliphatic carbocycles. The molecule has 0 unspecified atom stereocenters. The highest BCUT2D eigenvalue weighted by Gasteiger charge is 2.13.